The molecular weight excluding hydrogens is 322 g/mol. The number of hydrogen-bond acceptors (Lipinski definition) is 5. The van der Waals surface area contributed by atoms with Gasteiger partial charge >= 0.3 is 0 Å². The normalized spacial score (nSPS) is 10.9. The van der Waals surface area contributed by atoms with Crippen LogP contribution in [0.15, 0.2) is 65.8 Å². The second-order valence-electron chi connectivity index (χ2n) is 5.29. The lowest BCUT2D eigenvalue weighted by atomic mass is 10.3. The van der Waals surface area contributed by atoms with E-state index in [4.69, 9.17) is 4.74 Å². The van der Waals surface area contributed by atoms with Gasteiger partial charge in [0, 0.05) is 18.5 Å². The second kappa shape index (κ2) is 6.08. The molecule has 0 fully saturated rings. The van der Waals surface area contributed by atoms with Crippen molar-refractivity contribution in [1.29, 1.82) is 0 Å². The predicted octanol–water partition coefficient (Wildman–Crippen LogP) is 1.19. The summed E-state index contributed by atoms with van der Waals surface area (Å²) < 4.78 is 8.04. The summed E-state index contributed by atoms with van der Waals surface area (Å²) in [5, 5.41) is 4.49. The molecule has 1 aromatic carbocycles. The van der Waals surface area contributed by atoms with Crippen molar-refractivity contribution in [2.24, 2.45) is 0 Å². The molecule has 0 unspecified atom stereocenters. The quantitative estimate of drug-likeness (QED) is 0.605. The number of carbonyl (C=O) groups is 1. The van der Waals surface area contributed by atoms with E-state index >= 15 is 0 Å². The van der Waals surface area contributed by atoms with Gasteiger partial charge in [0.15, 0.2) is 12.3 Å². The third-order valence-corrected chi connectivity index (χ3v) is 3.64. The van der Waals surface area contributed by atoms with Gasteiger partial charge in [-0.3, -0.25) is 15.0 Å². The Labute approximate surface area is 141 Å². The fourth-order valence-electron chi connectivity index (χ4n) is 2.48. The molecule has 0 aliphatic heterocycles. The highest BCUT2D eigenvalue weighted by molar-refractivity contribution is 5.86. The lowest BCUT2D eigenvalue weighted by molar-refractivity contribution is -0.119. The van der Waals surface area contributed by atoms with Crippen molar-refractivity contribution in [2.45, 2.75) is 0 Å². The number of aromatic nitrogens is 4. The van der Waals surface area contributed by atoms with E-state index in [-0.39, 0.29) is 6.61 Å². The van der Waals surface area contributed by atoms with Gasteiger partial charge in [0.05, 0.1) is 17.1 Å². The van der Waals surface area contributed by atoms with Crippen LogP contribution in [0.3, 0.4) is 0 Å². The van der Waals surface area contributed by atoms with Gasteiger partial charge in [-0.1, -0.05) is 18.2 Å². The maximum absolute atomic E-state index is 12.5. The van der Waals surface area contributed by atoms with Crippen LogP contribution in [0.5, 0.6) is 5.75 Å². The molecule has 3 heterocycles. The lowest BCUT2D eigenvalue weighted by Crippen LogP contribution is -2.35. The first-order valence-corrected chi connectivity index (χ1v) is 7.54. The minimum Gasteiger partial charge on any atom is -0.484 e. The summed E-state index contributed by atoms with van der Waals surface area (Å²) in [5.74, 6) is 0.132. The van der Waals surface area contributed by atoms with Gasteiger partial charge in [0.1, 0.15) is 5.75 Å². The molecule has 0 bridgehead atoms. The van der Waals surface area contributed by atoms with Crippen LogP contribution in [0.25, 0.3) is 16.6 Å². The molecule has 0 spiro atoms. The number of hydrogen-bond donors (Lipinski definition) is 1. The summed E-state index contributed by atoms with van der Waals surface area (Å²) in [7, 11) is 0. The number of para-hydroxylation sites is 1. The van der Waals surface area contributed by atoms with Crippen molar-refractivity contribution in [1.82, 2.24) is 19.3 Å². The Kier molecular flexibility index (Phi) is 3.62. The van der Waals surface area contributed by atoms with Crippen LogP contribution in [-0.2, 0) is 4.79 Å². The Morgan fingerprint density at radius 2 is 2.00 bits per heavy atom. The number of carbonyl (C=O) groups excluding carboxylic acids is 1. The van der Waals surface area contributed by atoms with E-state index in [1.807, 2.05) is 18.2 Å². The molecule has 0 saturated heterocycles. The third kappa shape index (κ3) is 2.80. The van der Waals surface area contributed by atoms with Crippen molar-refractivity contribution >= 4 is 22.5 Å². The number of nitrogens with zero attached hydrogens (tertiary/aromatic N) is 4. The van der Waals surface area contributed by atoms with Gasteiger partial charge in [-0.05, 0) is 18.2 Å². The Morgan fingerprint density at radius 1 is 1.16 bits per heavy atom. The molecule has 124 valence electrons. The highest BCUT2D eigenvalue weighted by Crippen LogP contribution is 2.10. The van der Waals surface area contributed by atoms with E-state index in [0.717, 1.165) is 4.68 Å². The van der Waals surface area contributed by atoms with Crippen molar-refractivity contribution < 1.29 is 9.53 Å². The fourth-order valence-corrected chi connectivity index (χ4v) is 2.48. The Balaban J connectivity index is 1.57. The van der Waals surface area contributed by atoms with Gasteiger partial charge in [0.25, 0.3) is 11.5 Å². The molecule has 4 rings (SSSR count). The van der Waals surface area contributed by atoms with Gasteiger partial charge in [-0.25, -0.2) is 14.2 Å². The Hall–Kier alpha value is -3.68. The summed E-state index contributed by atoms with van der Waals surface area (Å²) in [4.78, 5) is 28.7. The second-order valence-corrected chi connectivity index (χ2v) is 5.29. The summed E-state index contributed by atoms with van der Waals surface area (Å²) in [6, 6.07) is 12.4. The average Bonchev–Trinajstić information content (AvgIpc) is 3.12. The van der Waals surface area contributed by atoms with E-state index in [1.54, 1.807) is 35.0 Å². The van der Waals surface area contributed by atoms with E-state index in [2.05, 4.69) is 15.5 Å². The Morgan fingerprint density at radius 3 is 2.84 bits per heavy atom. The van der Waals surface area contributed by atoms with Crippen LogP contribution >= 0.6 is 0 Å². The van der Waals surface area contributed by atoms with E-state index in [0.29, 0.717) is 22.3 Å². The SMILES string of the molecule is O=C(COc1ccccc1)Nn1ccc2c(cnc3ccnn32)c1=O. The van der Waals surface area contributed by atoms with E-state index in [9.17, 15) is 9.59 Å². The maximum atomic E-state index is 12.5. The summed E-state index contributed by atoms with van der Waals surface area (Å²) >= 11 is 0. The van der Waals surface area contributed by atoms with Crippen LogP contribution in [-0.4, -0.2) is 31.8 Å². The minimum absolute atomic E-state index is 0.203. The summed E-state index contributed by atoms with van der Waals surface area (Å²) in [5.41, 5.74) is 3.36. The molecule has 3 aromatic heterocycles. The summed E-state index contributed by atoms with van der Waals surface area (Å²) in [6.07, 6.45) is 4.56. The predicted molar refractivity (Wildman–Crippen MR) is 91.1 cm³/mol. The molecule has 0 saturated carbocycles. The van der Waals surface area contributed by atoms with Gasteiger partial charge in [0.2, 0.25) is 0 Å². The number of rotatable bonds is 4. The summed E-state index contributed by atoms with van der Waals surface area (Å²) in [6.45, 7) is -0.203. The number of ether oxygens (including phenoxy) is 1. The average molecular weight is 335 g/mol. The van der Waals surface area contributed by atoms with Crippen LogP contribution in [0.4, 0.5) is 0 Å². The highest BCUT2D eigenvalue weighted by Gasteiger charge is 2.10. The molecule has 1 amide bonds. The van der Waals surface area contributed by atoms with Crippen molar-refractivity contribution in [2.75, 3.05) is 12.0 Å². The van der Waals surface area contributed by atoms with Gasteiger partial charge in [-0.2, -0.15) is 5.10 Å². The number of amides is 1. The smallest absolute Gasteiger partial charge is 0.280 e. The first-order valence-electron chi connectivity index (χ1n) is 7.54. The molecule has 8 heteroatoms. The van der Waals surface area contributed by atoms with Crippen LogP contribution < -0.4 is 15.7 Å². The number of nitrogens with one attached hydrogen (secondary N) is 1. The zero-order valence-electron chi connectivity index (χ0n) is 13.0. The molecule has 4 aromatic rings. The van der Waals surface area contributed by atoms with Gasteiger partial charge in [-0.15, -0.1) is 0 Å². The Bertz CT molecular complexity index is 1120. The molecule has 0 atom stereocenters. The molecular formula is C17H13N5O3. The van der Waals surface area contributed by atoms with Gasteiger partial charge < -0.3 is 4.74 Å². The molecule has 0 aliphatic rings. The van der Waals surface area contributed by atoms with Crippen LogP contribution in [0, 0.1) is 0 Å². The molecule has 0 radical (unpaired) electrons. The van der Waals surface area contributed by atoms with E-state index in [1.165, 1.54) is 12.4 Å². The number of pyridine rings is 1. The number of fused-ring (bicyclic) bond motifs is 3. The molecule has 1 N–H and O–H groups in total. The first-order chi connectivity index (χ1) is 12.2. The monoisotopic (exact) mass is 335 g/mol. The minimum atomic E-state index is -0.446. The van der Waals surface area contributed by atoms with Crippen molar-refractivity contribution in [3.63, 3.8) is 0 Å². The van der Waals surface area contributed by atoms with Crippen LogP contribution in [0.1, 0.15) is 0 Å². The standard InChI is InChI=1S/C17H13N5O3/c23-16(11-25-12-4-2-1-3-5-12)20-21-9-7-14-13(17(21)24)10-18-15-6-8-19-22(14)15/h1-10H,11H2,(H,20,23). The fraction of sp³-hybridized carbons (Fsp3) is 0.0588. The maximum Gasteiger partial charge on any atom is 0.280 e. The van der Waals surface area contributed by atoms with Crippen LogP contribution in [0.2, 0.25) is 0 Å². The molecule has 0 aliphatic carbocycles. The van der Waals surface area contributed by atoms with Crippen molar-refractivity contribution in [3.8, 4) is 5.75 Å². The molecule has 8 nitrogen and oxygen atoms in total. The molecule has 25 heavy (non-hydrogen) atoms. The highest BCUT2D eigenvalue weighted by atomic mass is 16.5. The zero-order chi connectivity index (χ0) is 17.2. The largest absolute Gasteiger partial charge is 0.484 e. The van der Waals surface area contributed by atoms with E-state index < -0.39 is 11.5 Å². The third-order valence-electron chi connectivity index (χ3n) is 3.64. The lowest BCUT2D eigenvalue weighted by Gasteiger charge is -2.10. The van der Waals surface area contributed by atoms with Crippen molar-refractivity contribution in [3.05, 3.63) is 71.4 Å². The first kappa shape index (κ1) is 14.9. The topological polar surface area (TPSA) is 90.5 Å². The number of benzene rings is 1. The zero-order valence-corrected chi connectivity index (χ0v) is 13.0.